The molecule has 106 valence electrons. The van der Waals surface area contributed by atoms with Crippen LogP contribution in [0.15, 0.2) is 35.5 Å². The van der Waals surface area contributed by atoms with Crippen molar-refractivity contribution in [1.82, 2.24) is 4.98 Å². The first-order valence-corrected chi connectivity index (χ1v) is 6.57. The Morgan fingerprint density at radius 2 is 1.60 bits per heavy atom. The highest BCUT2D eigenvalue weighted by molar-refractivity contribution is 7.92. The highest BCUT2D eigenvalue weighted by Gasteiger charge is 2.22. The first-order chi connectivity index (χ1) is 9.31. The van der Waals surface area contributed by atoms with Crippen molar-refractivity contribution >= 4 is 15.7 Å². The number of pyridine rings is 1. The Bertz CT molecular complexity index is 765. The van der Waals surface area contributed by atoms with Gasteiger partial charge < -0.3 is 0 Å². The van der Waals surface area contributed by atoms with Crippen molar-refractivity contribution in [1.29, 1.82) is 0 Å². The van der Waals surface area contributed by atoms with Crippen molar-refractivity contribution in [2.24, 2.45) is 0 Å². The van der Waals surface area contributed by atoms with Crippen LogP contribution in [-0.2, 0) is 10.0 Å². The maximum Gasteiger partial charge on any atom is 0.282 e. The normalized spacial score (nSPS) is 11.4. The molecule has 0 unspecified atom stereocenters. The maximum atomic E-state index is 13.3. The molecule has 20 heavy (non-hydrogen) atoms. The molecule has 1 aromatic carbocycles. The summed E-state index contributed by atoms with van der Waals surface area (Å²) in [5, 5.41) is -0.982. The summed E-state index contributed by atoms with van der Waals surface area (Å²) in [6.07, 6.45) is 1.01. The number of sulfonamides is 1. The fraction of sp³-hybridized carbons (Fsp3) is 0. The molecule has 2 aromatic rings. The molecule has 1 aromatic heterocycles. The van der Waals surface area contributed by atoms with Gasteiger partial charge in [-0.3, -0.25) is 4.72 Å². The lowest BCUT2D eigenvalue weighted by Crippen LogP contribution is -2.17. The molecule has 4 nitrogen and oxygen atoms in total. The molecule has 0 aliphatic heterocycles. The Hall–Kier alpha value is -2.16. The van der Waals surface area contributed by atoms with Crippen molar-refractivity contribution in [3.05, 3.63) is 53.7 Å². The van der Waals surface area contributed by atoms with Gasteiger partial charge in [0.25, 0.3) is 10.0 Å². The van der Waals surface area contributed by atoms with Crippen molar-refractivity contribution < 1.29 is 26.0 Å². The summed E-state index contributed by atoms with van der Waals surface area (Å²) in [5.74, 6) is -5.44. The molecule has 0 bridgehead atoms. The summed E-state index contributed by atoms with van der Waals surface area (Å²) in [6, 6.07) is 2.47. The Balaban J connectivity index is 2.44. The Kier molecular flexibility index (Phi) is 3.62. The number of rotatable bonds is 3. The van der Waals surface area contributed by atoms with Crippen molar-refractivity contribution in [2.45, 2.75) is 5.03 Å². The molecule has 1 N–H and O–H groups in total. The molecule has 0 fully saturated rings. The highest BCUT2D eigenvalue weighted by atomic mass is 32.2. The van der Waals surface area contributed by atoms with Gasteiger partial charge in [-0.25, -0.2) is 22.5 Å². The molecular weight excluding hydrogens is 300 g/mol. The average Bonchev–Trinajstić information content (AvgIpc) is 2.36. The van der Waals surface area contributed by atoms with E-state index in [-0.39, 0.29) is 6.07 Å². The fourth-order valence-corrected chi connectivity index (χ4v) is 2.43. The van der Waals surface area contributed by atoms with Crippen LogP contribution in [0.25, 0.3) is 0 Å². The largest absolute Gasteiger partial charge is 0.282 e. The molecule has 0 radical (unpaired) electrons. The van der Waals surface area contributed by atoms with Gasteiger partial charge in [-0.2, -0.15) is 8.42 Å². The number of halogens is 4. The topological polar surface area (TPSA) is 59.1 Å². The third-order valence-electron chi connectivity index (χ3n) is 2.23. The molecule has 2 rings (SSSR count). The Morgan fingerprint density at radius 1 is 0.950 bits per heavy atom. The van der Waals surface area contributed by atoms with Crippen molar-refractivity contribution in [3.63, 3.8) is 0 Å². The van der Waals surface area contributed by atoms with E-state index in [2.05, 4.69) is 4.98 Å². The Morgan fingerprint density at radius 3 is 2.25 bits per heavy atom. The lowest BCUT2D eigenvalue weighted by Gasteiger charge is -2.09. The van der Waals surface area contributed by atoms with E-state index in [9.17, 15) is 26.0 Å². The minimum absolute atomic E-state index is 0.169. The second-order valence-corrected chi connectivity index (χ2v) is 5.24. The summed E-state index contributed by atoms with van der Waals surface area (Å²) in [5.41, 5.74) is -0.853. The molecule has 9 heteroatoms. The number of hydrogen-bond acceptors (Lipinski definition) is 3. The Labute approximate surface area is 111 Å². The van der Waals surface area contributed by atoms with E-state index < -0.39 is 44.0 Å². The summed E-state index contributed by atoms with van der Waals surface area (Å²) < 4.78 is 77.5. The second kappa shape index (κ2) is 5.08. The van der Waals surface area contributed by atoms with E-state index in [0.717, 1.165) is 18.3 Å². The molecule has 0 saturated carbocycles. The number of aromatic nitrogens is 1. The summed E-state index contributed by atoms with van der Waals surface area (Å²) in [7, 11) is -4.56. The number of anilines is 1. The van der Waals surface area contributed by atoms with Gasteiger partial charge in [-0.15, -0.1) is 0 Å². The number of nitrogens with one attached hydrogen (secondary N) is 1. The van der Waals surface area contributed by atoms with Gasteiger partial charge in [0.2, 0.25) is 5.03 Å². The summed E-state index contributed by atoms with van der Waals surface area (Å²) >= 11 is 0. The monoisotopic (exact) mass is 306 g/mol. The number of nitrogens with zero attached hydrogens (tertiary/aromatic N) is 1. The van der Waals surface area contributed by atoms with Gasteiger partial charge in [0.15, 0.2) is 17.5 Å². The van der Waals surface area contributed by atoms with Crippen LogP contribution in [0, 0.1) is 23.3 Å². The molecule has 0 amide bonds. The van der Waals surface area contributed by atoms with Crippen LogP contribution in [0.2, 0.25) is 0 Å². The first kappa shape index (κ1) is 14.3. The molecule has 0 aliphatic rings. The summed E-state index contributed by atoms with van der Waals surface area (Å²) in [4.78, 5) is 3.30. The lowest BCUT2D eigenvalue weighted by atomic mass is 10.3. The molecule has 0 spiro atoms. The highest BCUT2D eigenvalue weighted by Crippen LogP contribution is 2.22. The zero-order valence-electron chi connectivity index (χ0n) is 9.57. The van der Waals surface area contributed by atoms with Gasteiger partial charge in [0, 0.05) is 18.3 Å². The number of benzene rings is 1. The van der Waals surface area contributed by atoms with E-state index in [1.54, 1.807) is 4.72 Å². The van der Waals surface area contributed by atoms with Crippen LogP contribution >= 0.6 is 0 Å². The van der Waals surface area contributed by atoms with Gasteiger partial charge in [0.1, 0.15) is 5.82 Å². The number of hydrogen-bond donors (Lipinski definition) is 1. The van der Waals surface area contributed by atoms with Gasteiger partial charge >= 0.3 is 0 Å². The second-order valence-electron chi connectivity index (χ2n) is 3.64. The smallest absolute Gasteiger partial charge is 0.275 e. The fourth-order valence-electron chi connectivity index (χ4n) is 1.36. The molecular formula is C11H6F4N2O2S. The minimum Gasteiger partial charge on any atom is -0.275 e. The zero-order chi connectivity index (χ0) is 14.9. The van der Waals surface area contributed by atoms with Crippen molar-refractivity contribution in [2.75, 3.05) is 4.72 Å². The first-order valence-electron chi connectivity index (χ1n) is 5.09. The van der Waals surface area contributed by atoms with E-state index in [1.807, 2.05) is 0 Å². The van der Waals surface area contributed by atoms with Crippen LogP contribution < -0.4 is 4.72 Å². The SMILES string of the molecule is O=S(=O)(Nc1cc(F)c(F)cc1F)c1ncccc1F. The van der Waals surface area contributed by atoms with Crippen LogP contribution in [0.5, 0.6) is 0 Å². The van der Waals surface area contributed by atoms with Gasteiger partial charge in [0.05, 0.1) is 5.69 Å². The van der Waals surface area contributed by atoms with E-state index >= 15 is 0 Å². The summed E-state index contributed by atoms with van der Waals surface area (Å²) in [6.45, 7) is 0. The van der Waals surface area contributed by atoms with Gasteiger partial charge in [-0.1, -0.05) is 0 Å². The van der Waals surface area contributed by atoms with Crippen LogP contribution in [0.3, 0.4) is 0 Å². The molecule has 1 heterocycles. The van der Waals surface area contributed by atoms with Crippen LogP contribution in [-0.4, -0.2) is 13.4 Å². The minimum atomic E-state index is -4.56. The average molecular weight is 306 g/mol. The molecule has 0 aliphatic carbocycles. The predicted octanol–water partition coefficient (Wildman–Crippen LogP) is 2.44. The molecule has 0 saturated heterocycles. The van der Waals surface area contributed by atoms with E-state index in [1.165, 1.54) is 0 Å². The van der Waals surface area contributed by atoms with E-state index in [0.29, 0.717) is 6.07 Å². The quantitative estimate of drug-likeness (QED) is 0.700. The third kappa shape index (κ3) is 2.72. The van der Waals surface area contributed by atoms with Crippen LogP contribution in [0.1, 0.15) is 0 Å². The van der Waals surface area contributed by atoms with E-state index in [4.69, 9.17) is 0 Å². The zero-order valence-corrected chi connectivity index (χ0v) is 10.4. The predicted molar refractivity (Wildman–Crippen MR) is 61.3 cm³/mol. The van der Waals surface area contributed by atoms with Crippen LogP contribution in [0.4, 0.5) is 23.2 Å². The molecule has 0 atom stereocenters. The lowest BCUT2D eigenvalue weighted by molar-refractivity contribution is 0.496. The standard InChI is InChI=1S/C11H6F4N2O2S/c12-6-2-1-3-16-11(6)20(18,19)17-10-5-8(14)7(13)4-9(10)15/h1-5,17H. The van der Waals surface area contributed by atoms with Gasteiger partial charge in [-0.05, 0) is 12.1 Å². The maximum absolute atomic E-state index is 13.3. The van der Waals surface area contributed by atoms with Crippen molar-refractivity contribution in [3.8, 4) is 0 Å². The third-order valence-corrected chi connectivity index (χ3v) is 3.53.